The van der Waals surface area contributed by atoms with E-state index in [1.165, 1.54) is 11.8 Å². The zero-order valence-corrected chi connectivity index (χ0v) is 15.5. The minimum atomic E-state index is -0.146. The quantitative estimate of drug-likeness (QED) is 0.637. The first-order valence-electron chi connectivity index (χ1n) is 7.51. The van der Waals surface area contributed by atoms with E-state index in [9.17, 15) is 0 Å². The van der Waals surface area contributed by atoms with Crippen molar-refractivity contribution in [3.05, 3.63) is 47.3 Å². The largest absolute Gasteiger partial charge is 0.338 e. The second kappa shape index (κ2) is 6.57. The topological polar surface area (TPSA) is 69.6 Å². The van der Waals surface area contributed by atoms with Gasteiger partial charge in [-0.05, 0) is 25.1 Å². The first kappa shape index (κ1) is 17.0. The fraction of sp³-hybridized carbons (Fsp3) is 0.375. The number of rotatable bonds is 4. The Morgan fingerprint density at radius 2 is 2.08 bits per heavy atom. The first-order valence-corrected chi connectivity index (χ1v) is 8.77. The zero-order valence-electron chi connectivity index (χ0n) is 13.9. The minimum Gasteiger partial charge on any atom is -0.338 e. The molecule has 0 fully saturated rings. The molecule has 126 valence electrons. The summed E-state index contributed by atoms with van der Waals surface area (Å²) >= 11 is 7.57. The van der Waals surface area contributed by atoms with E-state index in [2.05, 4.69) is 41.1 Å². The average molecular weight is 364 g/mol. The molecular weight excluding hydrogens is 346 g/mol. The number of thioether (sulfide) groups is 1. The Morgan fingerprint density at radius 3 is 2.75 bits per heavy atom. The molecule has 0 unspecified atom stereocenters. The molecule has 3 rings (SSSR count). The first-order chi connectivity index (χ1) is 11.3. The highest BCUT2D eigenvalue weighted by Crippen LogP contribution is 2.34. The van der Waals surface area contributed by atoms with Gasteiger partial charge in [-0.1, -0.05) is 55.4 Å². The second-order valence-electron chi connectivity index (χ2n) is 6.43. The number of hydrogen-bond acceptors (Lipinski definition) is 6. The van der Waals surface area contributed by atoms with Crippen molar-refractivity contribution in [2.45, 2.75) is 43.5 Å². The van der Waals surface area contributed by atoms with Crippen LogP contribution in [-0.2, 0) is 5.41 Å². The van der Waals surface area contributed by atoms with E-state index in [0.29, 0.717) is 16.7 Å². The van der Waals surface area contributed by atoms with Crippen molar-refractivity contribution in [2.24, 2.45) is 0 Å². The van der Waals surface area contributed by atoms with Gasteiger partial charge in [-0.15, -0.1) is 10.2 Å². The van der Waals surface area contributed by atoms with Gasteiger partial charge in [-0.2, -0.15) is 4.98 Å². The summed E-state index contributed by atoms with van der Waals surface area (Å²) in [6.07, 6.45) is 1.66. The summed E-state index contributed by atoms with van der Waals surface area (Å²) in [7, 11) is 0. The van der Waals surface area contributed by atoms with Gasteiger partial charge in [-0.25, -0.2) is 0 Å². The highest BCUT2D eigenvalue weighted by Gasteiger charge is 2.24. The molecule has 0 saturated carbocycles. The molecule has 24 heavy (non-hydrogen) atoms. The molecule has 0 aliphatic carbocycles. The van der Waals surface area contributed by atoms with Crippen molar-refractivity contribution in [1.82, 2.24) is 24.9 Å². The van der Waals surface area contributed by atoms with Crippen LogP contribution in [0.2, 0.25) is 5.02 Å². The summed E-state index contributed by atoms with van der Waals surface area (Å²) in [5.41, 5.74) is 0.760. The number of benzene rings is 1. The van der Waals surface area contributed by atoms with E-state index in [-0.39, 0.29) is 10.7 Å². The van der Waals surface area contributed by atoms with Crippen LogP contribution in [0.4, 0.5) is 0 Å². The van der Waals surface area contributed by atoms with Crippen LogP contribution in [0, 0.1) is 0 Å². The Morgan fingerprint density at radius 1 is 1.29 bits per heavy atom. The number of aromatic nitrogens is 5. The van der Waals surface area contributed by atoms with Gasteiger partial charge in [-0.3, -0.25) is 4.57 Å². The van der Waals surface area contributed by atoms with Crippen molar-refractivity contribution >= 4 is 23.4 Å². The highest BCUT2D eigenvalue weighted by atomic mass is 35.5. The molecule has 1 aromatic carbocycles. The van der Waals surface area contributed by atoms with Crippen LogP contribution >= 0.6 is 23.4 Å². The average Bonchev–Trinajstić information content (AvgIpc) is 3.15. The van der Waals surface area contributed by atoms with Crippen LogP contribution in [0.5, 0.6) is 0 Å². The molecule has 2 heterocycles. The SMILES string of the molecule is C[C@H](Sc1nncn1-c1cccc(Cl)c1)c1nc(C(C)(C)C)no1. The second-order valence-corrected chi connectivity index (χ2v) is 8.17. The van der Waals surface area contributed by atoms with Crippen LogP contribution < -0.4 is 0 Å². The highest BCUT2D eigenvalue weighted by molar-refractivity contribution is 7.99. The smallest absolute Gasteiger partial charge is 0.239 e. The van der Waals surface area contributed by atoms with Gasteiger partial charge in [0.1, 0.15) is 6.33 Å². The molecule has 0 spiro atoms. The third-order valence-electron chi connectivity index (χ3n) is 3.35. The Hall–Kier alpha value is -1.86. The number of nitrogens with zero attached hydrogens (tertiary/aromatic N) is 5. The van der Waals surface area contributed by atoms with Gasteiger partial charge in [0, 0.05) is 10.4 Å². The van der Waals surface area contributed by atoms with E-state index in [1.54, 1.807) is 6.33 Å². The Labute approximate surface area is 149 Å². The third-order valence-corrected chi connectivity index (χ3v) is 4.62. The molecule has 3 aromatic rings. The maximum atomic E-state index is 6.07. The van der Waals surface area contributed by atoms with Crippen LogP contribution in [0.25, 0.3) is 5.69 Å². The van der Waals surface area contributed by atoms with Crippen molar-refractivity contribution in [2.75, 3.05) is 0 Å². The van der Waals surface area contributed by atoms with Gasteiger partial charge in [0.2, 0.25) is 5.89 Å². The summed E-state index contributed by atoms with van der Waals surface area (Å²) in [4.78, 5) is 4.50. The molecule has 0 saturated heterocycles. The minimum absolute atomic E-state index is 0.0456. The molecule has 0 aliphatic heterocycles. The number of halogens is 1. The summed E-state index contributed by atoms with van der Waals surface area (Å²) in [5, 5.41) is 13.6. The molecule has 8 heteroatoms. The number of hydrogen-bond donors (Lipinski definition) is 0. The lowest BCUT2D eigenvalue weighted by molar-refractivity contribution is 0.364. The Kier molecular flexibility index (Phi) is 4.64. The molecule has 0 bridgehead atoms. The molecule has 0 N–H and O–H groups in total. The normalized spacial score (nSPS) is 13.2. The lowest BCUT2D eigenvalue weighted by Crippen LogP contribution is -2.13. The maximum Gasteiger partial charge on any atom is 0.239 e. The zero-order chi connectivity index (χ0) is 17.3. The Bertz CT molecular complexity index is 839. The molecule has 1 atom stereocenters. The van der Waals surface area contributed by atoms with Gasteiger partial charge in [0.15, 0.2) is 11.0 Å². The van der Waals surface area contributed by atoms with E-state index in [1.807, 2.05) is 35.8 Å². The van der Waals surface area contributed by atoms with E-state index >= 15 is 0 Å². The fourth-order valence-electron chi connectivity index (χ4n) is 2.02. The van der Waals surface area contributed by atoms with Crippen molar-refractivity contribution in [3.63, 3.8) is 0 Å². The van der Waals surface area contributed by atoms with Crippen molar-refractivity contribution < 1.29 is 4.52 Å². The molecule has 0 aliphatic rings. The lowest BCUT2D eigenvalue weighted by Gasteiger charge is -2.11. The fourth-order valence-corrected chi connectivity index (χ4v) is 3.08. The van der Waals surface area contributed by atoms with Crippen LogP contribution in [0.1, 0.15) is 44.7 Å². The summed E-state index contributed by atoms with van der Waals surface area (Å²) in [5.74, 6) is 1.27. The van der Waals surface area contributed by atoms with Gasteiger partial charge < -0.3 is 4.52 Å². The van der Waals surface area contributed by atoms with Crippen molar-refractivity contribution in [3.8, 4) is 5.69 Å². The third kappa shape index (κ3) is 3.62. The van der Waals surface area contributed by atoms with Crippen LogP contribution in [0.15, 0.2) is 40.3 Å². The molecule has 0 radical (unpaired) electrons. The van der Waals surface area contributed by atoms with Crippen molar-refractivity contribution in [1.29, 1.82) is 0 Å². The predicted molar refractivity (Wildman–Crippen MR) is 93.6 cm³/mol. The maximum absolute atomic E-state index is 6.07. The summed E-state index contributed by atoms with van der Waals surface area (Å²) in [6.45, 7) is 8.15. The van der Waals surface area contributed by atoms with E-state index in [4.69, 9.17) is 16.1 Å². The van der Waals surface area contributed by atoms with Gasteiger partial charge in [0.05, 0.1) is 10.9 Å². The standard InChI is InChI=1S/C16H18ClN5OS/c1-10(13-19-14(21-23-13)16(2,3)4)24-15-20-18-9-22(15)12-7-5-6-11(17)8-12/h5-10H,1-4H3/t10-/m0/s1. The summed E-state index contributed by atoms with van der Waals surface area (Å²) in [6, 6.07) is 7.54. The lowest BCUT2D eigenvalue weighted by atomic mass is 9.96. The van der Waals surface area contributed by atoms with Gasteiger partial charge in [0.25, 0.3) is 0 Å². The molecule has 2 aromatic heterocycles. The molecule has 6 nitrogen and oxygen atoms in total. The van der Waals surface area contributed by atoms with E-state index < -0.39 is 0 Å². The van der Waals surface area contributed by atoms with E-state index in [0.717, 1.165) is 10.8 Å². The van der Waals surface area contributed by atoms with Crippen LogP contribution in [-0.4, -0.2) is 24.9 Å². The van der Waals surface area contributed by atoms with Gasteiger partial charge >= 0.3 is 0 Å². The molecular formula is C16H18ClN5OS. The Balaban J connectivity index is 1.82. The summed E-state index contributed by atoms with van der Waals surface area (Å²) < 4.78 is 7.29. The monoisotopic (exact) mass is 363 g/mol. The predicted octanol–water partition coefficient (Wildman–Crippen LogP) is 4.45. The molecule has 0 amide bonds. The van der Waals surface area contributed by atoms with Crippen LogP contribution in [0.3, 0.4) is 0 Å².